The predicted octanol–water partition coefficient (Wildman–Crippen LogP) is 5.60. The molecule has 0 spiro atoms. The van der Waals surface area contributed by atoms with Crippen molar-refractivity contribution < 1.29 is 4.79 Å². The second kappa shape index (κ2) is 7.96. The fourth-order valence-corrected chi connectivity index (χ4v) is 3.06. The van der Waals surface area contributed by atoms with Crippen LogP contribution in [0.15, 0.2) is 83.3 Å². The lowest BCUT2D eigenvalue weighted by atomic mass is 10.2. The van der Waals surface area contributed by atoms with E-state index in [1.54, 1.807) is 28.9 Å². The Labute approximate surface area is 175 Å². The van der Waals surface area contributed by atoms with E-state index in [9.17, 15) is 4.79 Å². The number of aromatic nitrogens is 3. The van der Waals surface area contributed by atoms with E-state index in [0.29, 0.717) is 16.5 Å². The number of carbonyl (C=O) groups is 1. The minimum Gasteiger partial charge on any atom is -0.319 e. The quantitative estimate of drug-likeness (QED) is 0.437. The highest BCUT2D eigenvalue weighted by molar-refractivity contribution is 9.10. The van der Waals surface area contributed by atoms with E-state index >= 15 is 0 Å². The van der Waals surface area contributed by atoms with Crippen LogP contribution in [0, 0.1) is 0 Å². The molecule has 0 atom stereocenters. The van der Waals surface area contributed by atoms with Crippen LogP contribution in [-0.4, -0.2) is 20.7 Å². The highest BCUT2D eigenvalue weighted by Crippen LogP contribution is 2.23. The van der Waals surface area contributed by atoms with Crippen molar-refractivity contribution in [2.24, 2.45) is 0 Å². The number of hydrogen-bond acceptors (Lipinski definition) is 3. The first-order chi connectivity index (χ1) is 13.6. The molecule has 1 heterocycles. The highest BCUT2D eigenvalue weighted by atomic mass is 79.9. The molecular weight excluding hydrogens is 440 g/mol. The molecule has 0 aliphatic heterocycles. The van der Waals surface area contributed by atoms with Crippen LogP contribution in [0.25, 0.3) is 17.1 Å². The van der Waals surface area contributed by atoms with Crippen LogP contribution in [0.5, 0.6) is 0 Å². The van der Waals surface area contributed by atoms with Gasteiger partial charge < -0.3 is 5.32 Å². The van der Waals surface area contributed by atoms with Gasteiger partial charge in [-0.25, -0.2) is 9.67 Å². The molecule has 1 aromatic heterocycles. The molecular formula is C21H14BrClN4O. The number of nitrogens with one attached hydrogen (secondary N) is 1. The van der Waals surface area contributed by atoms with E-state index in [2.05, 4.69) is 31.3 Å². The Hall–Kier alpha value is -2.96. The fraction of sp³-hybridized carbons (Fsp3) is 0. The molecule has 4 aromatic rings. The number of carbonyl (C=O) groups excluding carboxylic acids is 1. The van der Waals surface area contributed by atoms with Crippen molar-refractivity contribution >= 4 is 39.1 Å². The number of benzene rings is 3. The molecule has 0 fully saturated rings. The SMILES string of the molecule is O=C(Nc1ccc(Cl)cc1)c1nc(-c2ccccc2)n(-c2ccc(Br)cc2)n1. The van der Waals surface area contributed by atoms with Crippen LogP contribution in [0.3, 0.4) is 0 Å². The maximum atomic E-state index is 12.7. The van der Waals surface area contributed by atoms with Crippen molar-refractivity contribution in [2.75, 3.05) is 5.32 Å². The van der Waals surface area contributed by atoms with Crippen LogP contribution in [-0.2, 0) is 0 Å². The topological polar surface area (TPSA) is 59.8 Å². The van der Waals surface area contributed by atoms with Crippen molar-refractivity contribution in [3.63, 3.8) is 0 Å². The molecule has 4 rings (SSSR count). The molecule has 7 heteroatoms. The van der Waals surface area contributed by atoms with Gasteiger partial charge in [0.15, 0.2) is 5.82 Å². The number of nitrogens with zero attached hydrogens (tertiary/aromatic N) is 3. The van der Waals surface area contributed by atoms with Crippen LogP contribution in [0.4, 0.5) is 5.69 Å². The van der Waals surface area contributed by atoms with Crippen molar-refractivity contribution in [1.82, 2.24) is 14.8 Å². The van der Waals surface area contributed by atoms with Gasteiger partial charge in [0, 0.05) is 20.7 Å². The lowest BCUT2D eigenvalue weighted by molar-refractivity contribution is 0.101. The van der Waals surface area contributed by atoms with Gasteiger partial charge in [0.2, 0.25) is 5.82 Å². The molecule has 138 valence electrons. The zero-order valence-electron chi connectivity index (χ0n) is 14.5. The summed E-state index contributed by atoms with van der Waals surface area (Å²) in [5.74, 6) is 0.274. The summed E-state index contributed by atoms with van der Waals surface area (Å²) in [6.07, 6.45) is 0. The average molecular weight is 454 g/mol. The molecule has 0 bridgehead atoms. The maximum Gasteiger partial charge on any atom is 0.295 e. The Morgan fingerprint density at radius 3 is 2.29 bits per heavy atom. The van der Waals surface area contributed by atoms with E-state index in [-0.39, 0.29) is 5.82 Å². The van der Waals surface area contributed by atoms with E-state index in [4.69, 9.17) is 11.6 Å². The highest BCUT2D eigenvalue weighted by Gasteiger charge is 2.19. The largest absolute Gasteiger partial charge is 0.319 e. The zero-order valence-corrected chi connectivity index (χ0v) is 16.9. The van der Waals surface area contributed by atoms with Gasteiger partial charge in [-0.3, -0.25) is 4.79 Å². The maximum absolute atomic E-state index is 12.7. The van der Waals surface area contributed by atoms with Gasteiger partial charge in [0.1, 0.15) is 0 Å². The molecule has 0 saturated heterocycles. The first-order valence-corrected chi connectivity index (χ1v) is 9.62. The molecule has 1 amide bonds. The Bertz CT molecular complexity index is 1110. The molecule has 5 nitrogen and oxygen atoms in total. The average Bonchev–Trinajstić information content (AvgIpc) is 3.16. The van der Waals surface area contributed by atoms with Gasteiger partial charge >= 0.3 is 0 Å². The van der Waals surface area contributed by atoms with E-state index < -0.39 is 5.91 Å². The van der Waals surface area contributed by atoms with E-state index in [1.165, 1.54) is 0 Å². The Balaban J connectivity index is 1.73. The van der Waals surface area contributed by atoms with Crippen LogP contribution in [0.2, 0.25) is 5.02 Å². The second-order valence-electron chi connectivity index (χ2n) is 5.97. The molecule has 1 N–H and O–H groups in total. The third-order valence-electron chi connectivity index (χ3n) is 4.02. The molecule has 0 saturated carbocycles. The first-order valence-electron chi connectivity index (χ1n) is 8.45. The van der Waals surface area contributed by atoms with Gasteiger partial charge in [-0.05, 0) is 48.5 Å². The summed E-state index contributed by atoms with van der Waals surface area (Å²) >= 11 is 9.33. The summed E-state index contributed by atoms with van der Waals surface area (Å²) in [5.41, 5.74) is 2.29. The Kier molecular flexibility index (Phi) is 5.23. The zero-order chi connectivity index (χ0) is 19.5. The summed E-state index contributed by atoms with van der Waals surface area (Å²) in [5, 5.41) is 7.85. The van der Waals surface area contributed by atoms with Gasteiger partial charge in [0.25, 0.3) is 5.91 Å². The van der Waals surface area contributed by atoms with Crippen LogP contribution in [0.1, 0.15) is 10.6 Å². The minimum absolute atomic E-state index is 0.0803. The van der Waals surface area contributed by atoms with Crippen molar-refractivity contribution in [3.8, 4) is 17.1 Å². The predicted molar refractivity (Wildman–Crippen MR) is 114 cm³/mol. The normalized spacial score (nSPS) is 10.6. The summed E-state index contributed by atoms with van der Waals surface area (Å²) < 4.78 is 2.62. The summed E-state index contributed by atoms with van der Waals surface area (Å²) in [4.78, 5) is 17.2. The van der Waals surface area contributed by atoms with Crippen LogP contribution < -0.4 is 5.32 Å². The number of rotatable bonds is 4. The van der Waals surface area contributed by atoms with Gasteiger partial charge in [0.05, 0.1) is 5.69 Å². The molecule has 28 heavy (non-hydrogen) atoms. The van der Waals surface area contributed by atoms with Gasteiger partial charge in [-0.1, -0.05) is 57.9 Å². The van der Waals surface area contributed by atoms with E-state index in [1.807, 2.05) is 54.6 Å². The van der Waals surface area contributed by atoms with Crippen molar-refractivity contribution in [1.29, 1.82) is 0 Å². The Morgan fingerprint density at radius 2 is 1.61 bits per heavy atom. The second-order valence-corrected chi connectivity index (χ2v) is 7.33. The third kappa shape index (κ3) is 3.98. The molecule has 3 aromatic carbocycles. The summed E-state index contributed by atoms with van der Waals surface area (Å²) in [6.45, 7) is 0. The lowest BCUT2D eigenvalue weighted by Crippen LogP contribution is -2.14. The number of halogens is 2. The summed E-state index contributed by atoms with van der Waals surface area (Å²) in [7, 11) is 0. The standard InChI is InChI=1S/C21H14BrClN4O/c22-15-6-12-18(13-7-15)27-20(14-4-2-1-3-5-14)25-19(26-27)21(28)24-17-10-8-16(23)9-11-17/h1-13H,(H,24,28). The first kappa shape index (κ1) is 18.4. The Morgan fingerprint density at radius 1 is 0.929 bits per heavy atom. The molecule has 0 unspecified atom stereocenters. The van der Waals surface area contributed by atoms with Crippen molar-refractivity contribution in [2.45, 2.75) is 0 Å². The number of hydrogen-bond donors (Lipinski definition) is 1. The number of amides is 1. The number of anilines is 1. The minimum atomic E-state index is -0.393. The summed E-state index contributed by atoms with van der Waals surface area (Å²) in [6, 6.07) is 24.1. The molecule has 0 radical (unpaired) electrons. The van der Waals surface area contributed by atoms with Gasteiger partial charge in [-0.2, -0.15) is 0 Å². The van der Waals surface area contributed by atoms with Crippen LogP contribution >= 0.6 is 27.5 Å². The monoisotopic (exact) mass is 452 g/mol. The lowest BCUT2D eigenvalue weighted by Gasteiger charge is -2.05. The smallest absolute Gasteiger partial charge is 0.295 e. The molecule has 0 aliphatic carbocycles. The molecule has 0 aliphatic rings. The van der Waals surface area contributed by atoms with Gasteiger partial charge in [-0.15, -0.1) is 5.10 Å². The van der Waals surface area contributed by atoms with Crippen molar-refractivity contribution in [3.05, 3.63) is 94.2 Å². The fourth-order valence-electron chi connectivity index (χ4n) is 2.66. The third-order valence-corrected chi connectivity index (χ3v) is 4.80. The van der Waals surface area contributed by atoms with E-state index in [0.717, 1.165) is 15.7 Å².